The van der Waals surface area contributed by atoms with E-state index in [2.05, 4.69) is 0 Å². The number of hydrogen-bond donors (Lipinski definition) is 1. The number of thioether (sulfide) groups is 1. The van der Waals surface area contributed by atoms with Crippen LogP contribution in [0.4, 0.5) is 8.78 Å². The van der Waals surface area contributed by atoms with Gasteiger partial charge in [-0.05, 0) is 48.4 Å². The van der Waals surface area contributed by atoms with Crippen LogP contribution in [0.5, 0.6) is 0 Å². The first-order valence-corrected chi connectivity index (χ1v) is 7.49. The van der Waals surface area contributed by atoms with Crippen molar-refractivity contribution in [2.75, 3.05) is 5.75 Å². The van der Waals surface area contributed by atoms with E-state index >= 15 is 0 Å². The summed E-state index contributed by atoms with van der Waals surface area (Å²) in [6.45, 7) is 0. The Morgan fingerprint density at radius 2 is 1.95 bits per heavy atom. The zero-order chi connectivity index (χ0) is 14.5. The summed E-state index contributed by atoms with van der Waals surface area (Å²) in [5.41, 5.74) is 6.49. The van der Waals surface area contributed by atoms with E-state index in [1.165, 1.54) is 36.0 Å². The molecule has 0 saturated carbocycles. The fraction of sp³-hybridized carbons (Fsp3) is 0.200. The van der Waals surface area contributed by atoms with Crippen LogP contribution in [0.15, 0.2) is 47.4 Å². The summed E-state index contributed by atoms with van der Waals surface area (Å²) in [5, 5.41) is 0.492. The van der Waals surface area contributed by atoms with Gasteiger partial charge in [-0.25, -0.2) is 8.78 Å². The molecule has 2 aromatic carbocycles. The molecule has 2 rings (SSSR count). The molecule has 2 aromatic rings. The molecule has 20 heavy (non-hydrogen) atoms. The van der Waals surface area contributed by atoms with Gasteiger partial charge in [0.15, 0.2) is 0 Å². The molecule has 1 atom stereocenters. The highest BCUT2D eigenvalue weighted by atomic mass is 35.5. The molecule has 0 aliphatic carbocycles. The maximum atomic E-state index is 13.6. The van der Waals surface area contributed by atoms with E-state index in [1.807, 2.05) is 6.07 Å². The predicted molar refractivity (Wildman–Crippen MR) is 80.2 cm³/mol. The topological polar surface area (TPSA) is 26.0 Å². The summed E-state index contributed by atoms with van der Waals surface area (Å²) >= 11 is 7.29. The fourth-order valence-electron chi connectivity index (χ4n) is 1.80. The molecular formula is C15H14ClF2NS. The van der Waals surface area contributed by atoms with Crippen LogP contribution in [0, 0.1) is 11.6 Å². The lowest BCUT2D eigenvalue weighted by atomic mass is 10.1. The Labute approximate surface area is 126 Å². The van der Waals surface area contributed by atoms with Crippen molar-refractivity contribution >= 4 is 23.4 Å². The minimum atomic E-state index is -0.305. The zero-order valence-corrected chi connectivity index (χ0v) is 12.2. The lowest BCUT2D eigenvalue weighted by molar-refractivity contribution is 0.597. The van der Waals surface area contributed by atoms with E-state index in [-0.39, 0.29) is 17.7 Å². The Bertz CT molecular complexity index is 592. The van der Waals surface area contributed by atoms with Gasteiger partial charge in [-0.2, -0.15) is 0 Å². The summed E-state index contributed by atoms with van der Waals surface area (Å²) in [6, 6.07) is 10.5. The predicted octanol–water partition coefficient (Wildman–Crippen LogP) is 4.28. The highest BCUT2D eigenvalue weighted by Crippen LogP contribution is 2.21. The summed E-state index contributed by atoms with van der Waals surface area (Å²) in [6.07, 6.45) is 0.398. The Morgan fingerprint density at radius 3 is 2.70 bits per heavy atom. The number of rotatable bonds is 5. The largest absolute Gasteiger partial charge is 0.327 e. The van der Waals surface area contributed by atoms with Crippen LogP contribution in [0.1, 0.15) is 5.56 Å². The van der Waals surface area contributed by atoms with E-state index in [9.17, 15) is 8.78 Å². The highest BCUT2D eigenvalue weighted by molar-refractivity contribution is 7.99. The van der Waals surface area contributed by atoms with Gasteiger partial charge >= 0.3 is 0 Å². The first-order chi connectivity index (χ1) is 9.54. The minimum absolute atomic E-state index is 0.226. The van der Waals surface area contributed by atoms with Crippen LogP contribution in [0.3, 0.4) is 0 Å². The van der Waals surface area contributed by atoms with Gasteiger partial charge in [-0.3, -0.25) is 0 Å². The molecule has 0 aliphatic rings. The molecule has 1 nitrogen and oxygen atoms in total. The molecule has 1 unspecified atom stereocenters. The lowest BCUT2D eigenvalue weighted by Crippen LogP contribution is -2.26. The molecule has 0 amide bonds. The van der Waals surface area contributed by atoms with Crippen molar-refractivity contribution in [1.82, 2.24) is 0 Å². The number of halogens is 3. The van der Waals surface area contributed by atoms with Crippen LogP contribution in [0.25, 0.3) is 0 Å². The van der Waals surface area contributed by atoms with Crippen molar-refractivity contribution in [2.24, 2.45) is 5.73 Å². The second kappa shape index (κ2) is 7.07. The van der Waals surface area contributed by atoms with Crippen LogP contribution in [-0.2, 0) is 6.42 Å². The van der Waals surface area contributed by atoms with Gasteiger partial charge < -0.3 is 5.73 Å². The quantitative estimate of drug-likeness (QED) is 0.834. The van der Waals surface area contributed by atoms with E-state index in [4.69, 9.17) is 17.3 Å². The SMILES string of the molecule is NC(CSc1cccc(F)c1)Cc1cc(Cl)ccc1F. The maximum absolute atomic E-state index is 13.6. The first-order valence-electron chi connectivity index (χ1n) is 6.12. The van der Waals surface area contributed by atoms with E-state index in [1.54, 1.807) is 12.1 Å². The third-order valence-corrected chi connectivity index (χ3v) is 4.17. The third-order valence-electron chi connectivity index (χ3n) is 2.75. The Kier molecular flexibility index (Phi) is 5.40. The second-order valence-electron chi connectivity index (χ2n) is 4.47. The Morgan fingerprint density at radius 1 is 1.15 bits per heavy atom. The van der Waals surface area contributed by atoms with E-state index < -0.39 is 0 Å². The second-order valence-corrected chi connectivity index (χ2v) is 6.00. The smallest absolute Gasteiger partial charge is 0.126 e. The molecule has 0 bridgehead atoms. The molecule has 0 spiro atoms. The molecule has 0 radical (unpaired) electrons. The van der Waals surface area contributed by atoms with Gasteiger partial charge in [0.2, 0.25) is 0 Å². The average Bonchev–Trinajstić information content (AvgIpc) is 2.41. The standard InChI is InChI=1S/C15H14ClF2NS/c16-11-4-5-15(18)10(6-11)7-13(19)9-20-14-3-1-2-12(17)8-14/h1-6,8,13H,7,9,19H2. The molecule has 106 valence electrons. The van der Waals surface area contributed by atoms with Crippen molar-refractivity contribution in [3.05, 3.63) is 64.7 Å². The van der Waals surface area contributed by atoms with E-state index in [0.29, 0.717) is 22.8 Å². The fourth-order valence-corrected chi connectivity index (χ4v) is 2.89. The average molecular weight is 314 g/mol. The van der Waals surface area contributed by atoms with Gasteiger partial charge in [0.1, 0.15) is 11.6 Å². The lowest BCUT2D eigenvalue weighted by Gasteiger charge is -2.12. The molecule has 5 heteroatoms. The number of nitrogens with two attached hydrogens (primary N) is 1. The van der Waals surface area contributed by atoms with Crippen LogP contribution in [0.2, 0.25) is 5.02 Å². The van der Waals surface area contributed by atoms with Gasteiger partial charge in [0.25, 0.3) is 0 Å². The number of benzene rings is 2. The van der Waals surface area contributed by atoms with E-state index in [0.717, 1.165) is 4.90 Å². The molecular weight excluding hydrogens is 300 g/mol. The minimum Gasteiger partial charge on any atom is -0.327 e. The van der Waals surface area contributed by atoms with Crippen molar-refractivity contribution in [2.45, 2.75) is 17.4 Å². The molecule has 0 aromatic heterocycles. The number of hydrogen-bond acceptors (Lipinski definition) is 2. The highest BCUT2D eigenvalue weighted by Gasteiger charge is 2.10. The summed E-state index contributed by atoms with van der Waals surface area (Å²) in [7, 11) is 0. The van der Waals surface area contributed by atoms with Crippen LogP contribution >= 0.6 is 23.4 Å². The molecule has 0 aliphatic heterocycles. The van der Waals surface area contributed by atoms with Gasteiger partial charge in [0.05, 0.1) is 0 Å². The normalized spacial score (nSPS) is 12.4. The molecule has 0 heterocycles. The first kappa shape index (κ1) is 15.3. The summed E-state index contributed by atoms with van der Waals surface area (Å²) < 4.78 is 26.6. The van der Waals surface area contributed by atoms with Crippen LogP contribution < -0.4 is 5.73 Å². The third kappa shape index (κ3) is 4.47. The van der Waals surface area contributed by atoms with Crippen molar-refractivity contribution in [3.8, 4) is 0 Å². The summed E-state index contributed by atoms with van der Waals surface area (Å²) in [5.74, 6) is 0.000131. The van der Waals surface area contributed by atoms with Crippen molar-refractivity contribution < 1.29 is 8.78 Å². The molecule has 2 N–H and O–H groups in total. The Balaban J connectivity index is 1.92. The van der Waals surface area contributed by atoms with Gasteiger partial charge in [-0.15, -0.1) is 11.8 Å². The van der Waals surface area contributed by atoms with Crippen molar-refractivity contribution in [1.29, 1.82) is 0 Å². The maximum Gasteiger partial charge on any atom is 0.126 e. The van der Waals surface area contributed by atoms with Gasteiger partial charge in [0, 0.05) is 21.7 Å². The molecule has 0 saturated heterocycles. The monoisotopic (exact) mass is 313 g/mol. The van der Waals surface area contributed by atoms with Crippen LogP contribution in [-0.4, -0.2) is 11.8 Å². The Hall–Kier alpha value is -1.10. The summed E-state index contributed by atoms with van der Waals surface area (Å²) in [4.78, 5) is 0.812. The van der Waals surface area contributed by atoms with Gasteiger partial charge in [-0.1, -0.05) is 17.7 Å². The van der Waals surface area contributed by atoms with Crippen molar-refractivity contribution in [3.63, 3.8) is 0 Å². The zero-order valence-electron chi connectivity index (χ0n) is 10.7. The molecule has 0 fully saturated rings.